The minimum atomic E-state index is -3.50. The van der Waals surface area contributed by atoms with E-state index in [9.17, 15) is 18.0 Å². The molecule has 8 heteroatoms. The van der Waals surface area contributed by atoms with Crippen LogP contribution in [0.5, 0.6) is 0 Å². The molecule has 0 bridgehead atoms. The van der Waals surface area contributed by atoms with Crippen LogP contribution in [0, 0.1) is 0 Å². The van der Waals surface area contributed by atoms with E-state index in [1.165, 1.54) is 12.1 Å². The Morgan fingerprint density at radius 3 is 2.42 bits per heavy atom. The van der Waals surface area contributed by atoms with E-state index in [0.29, 0.717) is 0 Å². The van der Waals surface area contributed by atoms with Crippen molar-refractivity contribution in [2.45, 2.75) is 11.3 Å². The molecule has 1 aromatic rings. The average molecular weight is 286 g/mol. The number of amides is 2. The van der Waals surface area contributed by atoms with Crippen molar-refractivity contribution in [1.29, 1.82) is 0 Å². The number of benzene rings is 1. The number of carbonyl (C=O) groups excluding carboxylic acids is 2. The van der Waals surface area contributed by atoms with E-state index in [-0.39, 0.29) is 17.1 Å². The van der Waals surface area contributed by atoms with Gasteiger partial charge in [-0.25, -0.2) is 13.9 Å². The van der Waals surface area contributed by atoms with Crippen LogP contribution in [0.3, 0.4) is 0 Å². The molecular weight excluding hydrogens is 272 g/mol. The molecule has 19 heavy (non-hydrogen) atoms. The van der Waals surface area contributed by atoms with Crippen molar-refractivity contribution in [3.05, 3.63) is 30.3 Å². The third-order valence-corrected chi connectivity index (χ3v) is 3.83. The van der Waals surface area contributed by atoms with Crippen LogP contribution in [0.4, 0.5) is 0 Å². The Morgan fingerprint density at radius 1 is 1.21 bits per heavy atom. The minimum Gasteiger partial charge on any atom is -0.368 e. The third-order valence-electron chi connectivity index (χ3n) is 2.10. The van der Waals surface area contributed by atoms with Gasteiger partial charge in [0.25, 0.3) is 0 Å². The van der Waals surface area contributed by atoms with E-state index < -0.39 is 28.3 Å². The summed E-state index contributed by atoms with van der Waals surface area (Å²) in [6.07, 6.45) is -0.268. The maximum absolute atomic E-state index is 11.8. The van der Waals surface area contributed by atoms with Gasteiger partial charge in [-0.1, -0.05) is 18.2 Å². The number of sulfone groups is 1. The van der Waals surface area contributed by atoms with Gasteiger partial charge in [-0.15, -0.1) is 0 Å². The zero-order valence-electron chi connectivity index (χ0n) is 10.0. The molecule has 0 aliphatic carbocycles. The molecule has 3 N–H and O–H groups in total. The molecule has 0 heterocycles. The molecule has 0 aliphatic rings. The van der Waals surface area contributed by atoms with E-state index in [2.05, 4.69) is 4.84 Å². The van der Waals surface area contributed by atoms with Crippen molar-refractivity contribution >= 4 is 21.7 Å². The van der Waals surface area contributed by atoms with Gasteiger partial charge in [0.05, 0.1) is 10.6 Å². The van der Waals surface area contributed by atoms with E-state index in [1.54, 1.807) is 18.2 Å². The number of nitrogens with two attached hydrogens (primary N) is 1. The van der Waals surface area contributed by atoms with Crippen LogP contribution < -0.4 is 11.2 Å². The molecule has 0 aliphatic heterocycles. The average Bonchev–Trinajstić information content (AvgIpc) is 2.37. The molecule has 1 aromatic carbocycles. The molecule has 7 nitrogen and oxygen atoms in total. The summed E-state index contributed by atoms with van der Waals surface area (Å²) in [5, 5.41) is 0. The van der Waals surface area contributed by atoms with E-state index in [4.69, 9.17) is 5.73 Å². The Morgan fingerprint density at radius 2 is 1.84 bits per heavy atom. The minimum absolute atomic E-state index is 0.154. The lowest BCUT2D eigenvalue weighted by molar-refractivity contribution is -0.137. The summed E-state index contributed by atoms with van der Waals surface area (Å²) in [7, 11) is -3.50. The Bertz CT molecular complexity index is 541. The van der Waals surface area contributed by atoms with Crippen molar-refractivity contribution in [1.82, 2.24) is 5.48 Å². The van der Waals surface area contributed by atoms with Crippen LogP contribution >= 0.6 is 0 Å². The predicted octanol–water partition coefficient (Wildman–Crippen LogP) is -0.616. The van der Waals surface area contributed by atoms with E-state index >= 15 is 0 Å². The summed E-state index contributed by atoms with van der Waals surface area (Å²) in [4.78, 5) is 26.2. The van der Waals surface area contributed by atoms with Crippen molar-refractivity contribution in [3.8, 4) is 0 Å². The summed E-state index contributed by atoms with van der Waals surface area (Å²) in [5.74, 6) is -1.72. The third kappa shape index (κ3) is 5.49. The molecule has 0 fully saturated rings. The topological polar surface area (TPSA) is 116 Å². The zero-order chi connectivity index (χ0) is 14.3. The largest absolute Gasteiger partial charge is 0.368 e. The number of primary amides is 1. The monoisotopic (exact) mass is 286 g/mol. The van der Waals surface area contributed by atoms with Crippen LogP contribution in [-0.2, 0) is 24.3 Å². The molecule has 0 radical (unpaired) electrons. The highest BCUT2D eigenvalue weighted by Crippen LogP contribution is 2.10. The van der Waals surface area contributed by atoms with Crippen molar-refractivity contribution < 1.29 is 22.8 Å². The lowest BCUT2D eigenvalue weighted by Gasteiger charge is -2.05. The van der Waals surface area contributed by atoms with Crippen LogP contribution in [0.25, 0.3) is 0 Å². The van der Waals surface area contributed by atoms with Crippen LogP contribution in [0.2, 0.25) is 0 Å². The van der Waals surface area contributed by atoms with Gasteiger partial charge >= 0.3 is 0 Å². The quantitative estimate of drug-likeness (QED) is 0.648. The summed E-state index contributed by atoms with van der Waals surface area (Å²) in [6.45, 7) is -0.461. The first kappa shape index (κ1) is 15.1. The van der Waals surface area contributed by atoms with Crippen molar-refractivity contribution in [3.63, 3.8) is 0 Å². The summed E-state index contributed by atoms with van der Waals surface area (Å²) in [6, 6.07) is 7.81. The number of hydrogen-bond donors (Lipinski definition) is 2. The molecule has 0 saturated carbocycles. The summed E-state index contributed by atoms with van der Waals surface area (Å²) >= 11 is 0. The first-order valence-electron chi connectivity index (χ1n) is 5.38. The smallest absolute Gasteiger partial charge is 0.246 e. The zero-order valence-corrected chi connectivity index (χ0v) is 10.9. The van der Waals surface area contributed by atoms with Crippen LogP contribution in [0.1, 0.15) is 6.42 Å². The lowest BCUT2D eigenvalue weighted by Crippen LogP contribution is -2.30. The summed E-state index contributed by atoms with van der Waals surface area (Å²) < 4.78 is 23.6. The second-order valence-electron chi connectivity index (χ2n) is 3.66. The fourth-order valence-electron chi connectivity index (χ4n) is 1.21. The Kier molecular flexibility index (Phi) is 5.46. The second kappa shape index (κ2) is 6.86. The number of rotatable bonds is 7. The van der Waals surface area contributed by atoms with Gasteiger partial charge in [-0.3, -0.25) is 14.4 Å². The standard InChI is InChI=1S/C11H14N2O5S/c12-10(14)8-18-13-11(15)6-7-19(16,17)9-4-2-1-3-5-9/h1-5H,6-8H2,(H2,12,14)(H,13,15). The van der Waals surface area contributed by atoms with Crippen LogP contribution in [0.15, 0.2) is 35.2 Å². The predicted molar refractivity (Wildman–Crippen MR) is 66.4 cm³/mol. The molecule has 1 rings (SSSR count). The number of nitrogens with one attached hydrogen (secondary N) is 1. The maximum atomic E-state index is 11.8. The molecule has 0 aromatic heterocycles. The molecule has 2 amide bonds. The Hall–Kier alpha value is -1.93. The molecule has 104 valence electrons. The van der Waals surface area contributed by atoms with Gasteiger partial charge < -0.3 is 5.73 Å². The number of carbonyl (C=O) groups is 2. The SMILES string of the molecule is NC(=O)CONC(=O)CCS(=O)(=O)c1ccccc1. The Balaban J connectivity index is 2.44. The molecule has 0 saturated heterocycles. The molecule has 0 atom stereocenters. The number of hydrogen-bond acceptors (Lipinski definition) is 5. The highest BCUT2D eigenvalue weighted by atomic mass is 32.2. The van der Waals surface area contributed by atoms with Gasteiger partial charge in [-0.2, -0.15) is 0 Å². The second-order valence-corrected chi connectivity index (χ2v) is 5.77. The van der Waals surface area contributed by atoms with Gasteiger partial charge in [0.15, 0.2) is 16.4 Å². The highest BCUT2D eigenvalue weighted by Gasteiger charge is 2.16. The van der Waals surface area contributed by atoms with Gasteiger partial charge in [0.1, 0.15) is 0 Å². The van der Waals surface area contributed by atoms with Gasteiger partial charge in [0.2, 0.25) is 11.8 Å². The van der Waals surface area contributed by atoms with E-state index in [1.807, 2.05) is 5.48 Å². The van der Waals surface area contributed by atoms with Gasteiger partial charge in [-0.05, 0) is 12.1 Å². The normalized spacial score (nSPS) is 10.9. The van der Waals surface area contributed by atoms with Crippen LogP contribution in [-0.4, -0.2) is 32.6 Å². The molecule has 0 spiro atoms. The summed E-state index contributed by atoms with van der Waals surface area (Å²) in [5.41, 5.74) is 6.72. The van der Waals surface area contributed by atoms with Crippen molar-refractivity contribution in [2.24, 2.45) is 5.73 Å². The first-order valence-corrected chi connectivity index (χ1v) is 7.04. The van der Waals surface area contributed by atoms with E-state index in [0.717, 1.165) is 0 Å². The number of hydroxylamine groups is 1. The highest BCUT2D eigenvalue weighted by molar-refractivity contribution is 7.91. The van der Waals surface area contributed by atoms with Crippen molar-refractivity contribution in [2.75, 3.05) is 12.4 Å². The fraction of sp³-hybridized carbons (Fsp3) is 0.273. The van der Waals surface area contributed by atoms with Gasteiger partial charge in [0, 0.05) is 6.42 Å². The lowest BCUT2D eigenvalue weighted by atomic mass is 10.4. The first-order chi connectivity index (χ1) is 8.92. The molecular formula is C11H14N2O5S. The molecule has 0 unspecified atom stereocenters. The Labute approximate surface area is 110 Å². The fourth-order valence-corrected chi connectivity index (χ4v) is 2.47. The maximum Gasteiger partial charge on any atom is 0.246 e.